The van der Waals surface area contributed by atoms with Crippen molar-refractivity contribution >= 4 is 23.5 Å². The van der Waals surface area contributed by atoms with Gasteiger partial charge >= 0.3 is 0 Å². The van der Waals surface area contributed by atoms with E-state index < -0.39 is 0 Å². The lowest BCUT2D eigenvalue weighted by atomic mass is 10.00. The van der Waals surface area contributed by atoms with E-state index in [0.29, 0.717) is 6.04 Å². The summed E-state index contributed by atoms with van der Waals surface area (Å²) < 4.78 is 0. The fourth-order valence-corrected chi connectivity index (χ4v) is 3.68. The number of hydrogen-bond acceptors (Lipinski definition) is 2. The number of fused-ring (bicyclic) bond motifs is 1. The van der Waals surface area contributed by atoms with Crippen molar-refractivity contribution in [2.75, 3.05) is 29.4 Å². The van der Waals surface area contributed by atoms with Crippen LogP contribution in [-0.2, 0) is 0 Å². The highest BCUT2D eigenvalue weighted by molar-refractivity contribution is 5.74. The Kier molecular flexibility index (Phi) is 5.82. The molecule has 1 aliphatic rings. The van der Waals surface area contributed by atoms with E-state index in [9.17, 15) is 0 Å². The van der Waals surface area contributed by atoms with Gasteiger partial charge in [-0.25, -0.2) is 0 Å². The van der Waals surface area contributed by atoms with Gasteiger partial charge in [0, 0.05) is 31.0 Å². The van der Waals surface area contributed by atoms with Crippen LogP contribution in [-0.4, -0.2) is 25.7 Å². The fraction of sp³-hybridized carbons (Fsp3) is 0.333. The van der Waals surface area contributed by atoms with Crippen molar-refractivity contribution in [2.24, 2.45) is 0 Å². The molecule has 3 rings (SSSR count). The molecule has 0 aromatic heterocycles. The minimum Gasteiger partial charge on any atom is -0.372 e. The molecule has 1 atom stereocenters. The van der Waals surface area contributed by atoms with E-state index in [1.165, 1.54) is 28.1 Å². The van der Waals surface area contributed by atoms with E-state index in [0.717, 1.165) is 19.6 Å². The topological polar surface area (TPSA) is 6.48 Å². The van der Waals surface area contributed by atoms with E-state index in [-0.39, 0.29) is 0 Å². The SMILES string of the molecule is CCN(CC)c1ccc(/C=C/C2C=Cc3cc(C)ccc3N2CC)cc1. The zero-order valence-electron chi connectivity index (χ0n) is 16.4. The number of benzene rings is 2. The monoisotopic (exact) mass is 346 g/mol. The molecule has 2 heteroatoms. The van der Waals surface area contributed by atoms with E-state index in [4.69, 9.17) is 0 Å². The molecular weight excluding hydrogens is 316 g/mol. The highest BCUT2D eigenvalue weighted by Crippen LogP contribution is 2.30. The normalized spacial score (nSPS) is 16.2. The van der Waals surface area contributed by atoms with E-state index in [1.54, 1.807) is 0 Å². The molecule has 2 aromatic rings. The van der Waals surface area contributed by atoms with Crippen LogP contribution >= 0.6 is 0 Å². The van der Waals surface area contributed by atoms with Gasteiger partial charge in [0.1, 0.15) is 0 Å². The average Bonchev–Trinajstić information content (AvgIpc) is 2.67. The quantitative estimate of drug-likeness (QED) is 0.654. The second-order valence-electron chi connectivity index (χ2n) is 6.82. The molecule has 26 heavy (non-hydrogen) atoms. The van der Waals surface area contributed by atoms with Gasteiger partial charge in [-0.05, 0) is 63.1 Å². The van der Waals surface area contributed by atoms with Crippen molar-refractivity contribution in [1.29, 1.82) is 0 Å². The van der Waals surface area contributed by atoms with Crippen LogP contribution in [0, 0.1) is 6.92 Å². The van der Waals surface area contributed by atoms with Crippen LogP contribution in [0.4, 0.5) is 11.4 Å². The summed E-state index contributed by atoms with van der Waals surface area (Å²) in [7, 11) is 0. The minimum atomic E-state index is 0.303. The molecule has 1 aliphatic heterocycles. The van der Waals surface area contributed by atoms with Crippen molar-refractivity contribution in [2.45, 2.75) is 33.7 Å². The lowest BCUT2D eigenvalue weighted by Gasteiger charge is -2.33. The van der Waals surface area contributed by atoms with E-state index >= 15 is 0 Å². The van der Waals surface area contributed by atoms with Crippen LogP contribution in [0.3, 0.4) is 0 Å². The lowest BCUT2D eigenvalue weighted by molar-refractivity contribution is 0.806. The maximum Gasteiger partial charge on any atom is 0.0663 e. The highest BCUT2D eigenvalue weighted by atomic mass is 15.2. The molecule has 136 valence electrons. The Labute approximate surface area is 158 Å². The molecule has 0 amide bonds. The predicted molar refractivity (Wildman–Crippen MR) is 116 cm³/mol. The molecule has 0 N–H and O–H groups in total. The zero-order chi connectivity index (χ0) is 18.5. The van der Waals surface area contributed by atoms with Gasteiger partial charge in [-0.1, -0.05) is 48.1 Å². The van der Waals surface area contributed by atoms with Gasteiger partial charge in [0.15, 0.2) is 0 Å². The summed E-state index contributed by atoms with van der Waals surface area (Å²) in [6.45, 7) is 11.9. The predicted octanol–water partition coefficient (Wildman–Crippen LogP) is 5.78. The Balaban J connectivity index is 1.77. The van der Waals surface area contributed by atoms with Crippen LogP contribution in [0.15, 0.2) is 54.6 Å². The Morgan fingerprint density at radius 2 is 1.73 bits per heavy atom. The molecular formula is C24H30N2. The van der Waals surface area contributed by atoms with Gasteiger partial charge in [0.25, 0.3) is 0 Å². The van der Waals surface area contributed by atoms with Gasteiger partial charge < -0.3 is 9.80 Å². The average molecular weight is 347 g/mol. The maximum absolute atomic E-state index is 2.45. The van der Waals surface area contributed by atoms with Crippen molar-refractivity contribution in [3.05, 3.63) is 71.3 Å². The lowest BCUT2D eigenvalue weighted by Crippen LogP contribution is -2.34. The van der Waals surface area contributed by atoms with Crippen molar-refractivity contribution < 1.29 is 0 Å². The summed E-state index contributed by atoms with van der Waals surface area (Å²) in [4.78, 5) is 4.82. The molecule has 2 nitrogen and oxygen atoms in total. The summed E-state index contributed by atoms with van der Waals surface area (Å²) in [6, 6.07) is 15.9. The fourth-order valence-electron chi connectivity index (χ4n) is 3.68. The molecule has 0 spiro atoms. The van der Waals surface area contributed by atoms with Crippen molar-refractivity contribution in [1.82, 2.24) is 0 Å². The molecule has 2 aromatic carbocycles. The summed E-state index contributed by atoms with van der Waals surface area (Å²) in [5.41, 5.74) is 6.50. The van der Waals surface area contributed by atoms with Gasteiger partial charge in [-0.15, -0.1) is 0 Å². The molecule has 0 aliphatic carbocycles. The number of hydrogen-bond donors (Lipinski definition) is 0. The third kappa shape index (κ3) is 3.85. The Hall–Kier alpha value is -2.48. The molecule has 1 heterocycles. The number of anilines is 2. The number of rotatable bonds is 6. The highest BCUT2D eigenvalue weighted by Gasteiger charge is 2.18. The van der Waals surface area contributed by atoms with Crippen LogP contribution in [0.5, 0.6) is 0 Å². The largest absolute Gasteiger partial charge is 0.372 e. The number of aryl methyl sites for hydroxylation is 1. The van der Waals surface area contributed by atoms with Crippen LogP contribution in [0.2, 0.25) is 0 Å². The summed E-state index contributed by atoms with van der Waals surface area (Å²) in [5.74, 6) is 0. The van der Waals surface area contributed by atoms with E-state index in [1.807, 2.05) is 0 Å². The standard InChI is InChI=1S/C24H30N2/c1-5-25(6-2)22-13-9-20(10-14-22)11-15-23-16-12-21-18-19(4)8-17-24(21)26(23)7-3/h8-18,23H,5-7H2,1-4H3/b15-11+. The second kappa shape index (κ2) is 8.27. The molecule has 0 bridgehead atoms. The Morgan fingerprint density at radius 3 is 2.38 bits per heavy atom. The van der Waals surface area contributed by atoms with Crippen LogP contribution in [0.1, 0.15) is 37.5 Å². The first-order valence-corrected chi connectivity index (χ1v) is 9.75. The maximum atomic E-state index is 2.45. The van der Waals surface area contributed by atoms with E-state index in [2.05, 4.69) is 104 Å². The first-order valence-electron chi connectivity index (χ1n) is 9.75. The number of nitrogens with zero attached hydrogens (tertiary/aromatic N) is 2. The Morgan fingerprint density at radius 1 is 1.00 bits per heavy atom. The second-order valence-corrected chi connectivity index (χ2v) is 6.82. The third-order valence-electron chi connectivity index (χ3n) is 5.17. The number of likely N-dealkylation sites (N-methyl/N-ethyl adjacent to an activating group) is 1. The third-order valence-corrected chi connectivity index (χ3v) is 5.17. The van der Waals surface area contributed by atoms with Gasteiger partial charge in [-0.3, -0.25) is 0 Å². The van der Waals surface area contributed by atoms with Crippen molar-refractivity contribution in [3.8, 4) is 0 Å². The van der Waals surface area contributed by atoms with Gasteiger partial charge in [-0.2, -0.15) is 0 Å². The van der Waals surface area contributed by atoms with Crippen LogP contribution in [0.25, 0.3) is 12.2 Å². The van der Waals surface area contributed by atoms with Crippen molar-refractivity contribution in [3.63, 3.8) is 0 Å². The van der Waals surface area contributed by atoms with Gasteiger partial charge in [0.2, 0.25) is 0 Å². The van der Waals surface area contributed by atoms with Gasteiger partial charge in [0.05, 0.1) is 6.04 Å². The molecule has 0 saturated heterocycles. The zero-order valence-corrected chi connectivity index (χ0v) is 16.4. The molecule has 1 unspecified atom stereocenters. The molecule has 0 fully saturated rings. The first-order chi connectivity index (χ1) is 12.7. The molecule has 0 radical (unpaired) electrons. The minimum absolute atomic E-state index is 0.303. The Bertz CT molecular complexity index is 782. The first kappa shape index (κ1) is 18.3. The van der Waals surface area contributed by atoms with Crippen LogP contribution < -0.4 is 9.80 Å². The summed E-state index contributed by atoms with van der Waals surface area (Å²) >= 11 is 0. The molecule has 0 saturated carbocycles. The summed E-state index contributed by atoms with van der Waals surface area (Å²) in [5, 5.41) is 0. The smallest absolute Gasteiger partial charge is 0.0663 e. The summed E-state index contributed by atoms with van der Waals surface area (Å²) in [6.07, 6.45) is 9.09.